The molecule has 0 aromatic heterocycles. The smallest absolute Gasteiger partial charge is 0.410 e. The number of likely N-dealkylation sites (tertiary alicyclic amines) is 1. The molecule has 18 heavy (non-hydrogen) atoms. The Morgan fingerprint density at radius 3 is 2.44 bits per heavy atom. The zero-order valence-electron chi connectivity index (χ0n) is 11.4. The second-order valence-electron chi connectivity index (χ2n) is 6.36. The number of amides is 1. The molecule has 0 saturated carbocycles. The van der Waals surface area contributed by atoms with E-state index in [1.165, 1.54) is 0 Å². The van der Waals surface area contributed by atoms with Crippen molar-refractivity contribution >= 4 is 17.9 Å². The molecule has 0 aromatic rings. The van der Waals surface area contributed by atoms with Crippen molar-refractivity contribution in [2.45, 2.75) is 45.3 Å². The van der Waals surface area contributed by atoms with Crippen LogP contribution in [0, 0.1) is 5.41 Å². The predicted molar refractivity (Wildman–Crippen MR) is 72.8 cm³/mol. The highest BCUT2D eigenvalue weighted by molar-refractivity contribution is 7.99. The number of ether oxygens (including phenoxy) is 1. The summed E-state index contributed by atoms with van der Waals surface area (Å²) >= 11 is 1.82. The van der Waals surface area contributed by atoms with Gasteiger partial charge in [-0.25, -0.2) is 4.79 Å². The van der Waals surface area contributed by atoms with Crippen molar-refractivity contribution in [3.63, 3.8) is 0 Å². The van der Waals surface area contributed by atoms with Crippen LogP contribution in [0.25, 0.3) is 0 Å². The Morgan fingerprint density at radius 2 is 2.00 bits per heavy atom. The number of nitrogens with zero attached hydrogens (tertiary/aromatic N) is 1. The summed E-state index contributed by atoms with van der Waals surface area (Å²) in [5.41, 5.74) is -0.391. The van der Waals surface area contributed by atoms with Crippen LogP contribution in [0.2, 0.25) is 0 Å². The van der Waals surface area contributed by atoms with E-state index in [1.807, 2.05) is 32.5 Å². The standard InChI is InChI=1S/C13H23NO3S/c1-12(2,3)17-11(16)14-6-4-13(5-7-14)9-18-8-10(13)15/h10,15H,4-9H2,1-3H3. The minimum atomic E-state index is -0.436. The molecule has 104 valence electrons. The summed E-state index contributed by atoms with van der Waals surface area (Å²) in [7, 11) is 0. The van der Waals surface area contributed by atoms with E-state index in [4.69, 9.17) is 4.74 Å². The second-order valence-corrected chi connectivity index (χ2v) is 7.39. The van der Waals surface area contributed by atoms with Crippen molar-refractivity contribution in [1.82, 2.24) is 4.90 Å². The summed E-state index contributed by atoms with van der Waals surface area (Å²) in [6, 6.07) is 0. The van der Waals surface area contributed by atoms with Crippen LogP contribution in [-0.4, -0.2) is 52.4 Å². The Balaban J connectivity index is 1.89. The van der Waals surface area contributed by atoms with Gasteiger partial charge in [0.1, 0.15) is 5.60 Å². The van der Waals surface area contributed by atoms with Gasteiger partial charge in [0.25, 0.3) is 0 Å². The number of hydrogen-bond donors (Lipinski definition) is 1. The molecule has 1 unspecified atom stereocenters. The maximum atomic E-state index is 11.9. The number of aliphatic hydroxyl groups is 1. The average molecular weight is 273 g/mol. The van der Waals surface area contributed by atoms with E-state index in [2.05, 4.69) is 0 Å². The van der Waals surface area contributed by atoms with Crippen LogP contribution in [0.4, 0.5) is 4.79 Å². The van der Waals surface area contributed by atoms with E-state index < -0.39 is 5.60 Å². The Labute approximate surface area is 113 Å². The highest BCUT2D eigenvalue weighted by atomic mass is 32.2. The first kappa shape index (κ1) is 14.0. The molecule has 0 aliphatic carbocycles. The molecule has 2 rings (SSSR count). The number of carbonyl (C=O) groups is 1. The van der Waals surface area contributed by atoms with Crippen molar-refractivity contribution in [3.8, 4) is 0 Å². The van der Waals surface area contributed by atoms with E-state index in [0.29, 0.717) is 13.1 Å². The lowest BCUT2D eigenvalue weighted by Crippen LogP contribution is -2.48. The number of aliphatic hydroxyl groups excluding tert-OH is 1. The third kappa shape index (κ3) is 2.94. The first-order valence-electron chi connectivity index (χ1n) is 6.56. The zero-order valence-corrected chi connectivity index (χ0v) is 12.3. The molecular weight excluding hydrogens is 250 g/mol. The fourth-order valence-corrected chi connectivity index (χ4v) is 4.17. The van der Waals surface area contributed by atoms with Gasteiger partial charge in [-0.1, -0.05) is 0 Å². The molecular formula is C13H23NO3S. The number of thioether (sulfide) groups is 1. The van der Waals surface area contributed by atoms with E-state index in [-0.39, 0.29) is 17.6 Å². The third-order valence-electron chi connectivity index (χ3n) is 3.78. The zero-order chi connectivity index (χ0) is 13.4. The largest absolute Gasteiger partial charge is 0.444 e. The number of rotatable bonds is 0. The number of carbonyl (C=O) groups excluding carboxylic acids is 1. The van der Waals surface area contributed by atoms with Gasteiger partial charge in [-0.05, 0) is 33.6 Å². The summed E-state index contributed by atoms with van der Waals surface area (Å²) in [5, 5.41) is 10.1. The number of hydrogen-bond acceptors (Lipinski definition) is 4. The molecule has 1 spiro atoms. The summed E-state index contributed by atoms with van der Waals surface area (Å²) in [4.78, 5) is 13.7. The molecule has 5 heteroatoms. The fourth-order valence-electron chi connectivity index (χ4n) is 2.59. The average Bonchev–Trinajstić information content (AvgIpc) is 2.59. The van der Waals surface area contributed by atoms with Crippen molar-refractivity contribution in [2.24, 2.45) is 5.41 Å². The van der Waals surface area contributed by atoms with E-state index in [9.17, 15) is 9.90 Å². The highest BCUT2D eigenvalue weighted by Crippen LogP contribution is 2.44. The fraction of sp³-hybridized carbons (Fsp3) is 0.923. The highest BCUT2D eigenvalue weighted by Gasteiger charge is 2.45. The summed E-state index contributed by atoms with van der Waals surface area (Å²) in [6.07, 6.45) is 1.35. The lowest BCUT2D eigenvalue weighted by Gasteiger charge is -2.41. The first-order chi connectivity index (χ1) is 8.32. The van der Waals surface area contributed by atoms with Crippen LogP contribution in [0.3, 0.4) is 0 Å². The summed E-state index contributed by atoms with van der Waals surface area (Å²) < 4.78 is 5.37. The molecule has 2 saturated heterocycles. The maximum absolute atomic E-state index is 11.9. The predicted octanol–water partition coefficient (Wildman–Crippen LogP) is 2.11. The first-order valence-corrected chi connectivity index (χ1v) is 7.72. The quantitative estimate of drug-likeness (QED) is 0.734. The van der Waals surface area contributed by atoms with E-state index in [0.717, 1.165) is 24.3 Å². The molecule has 1 amide bonds. The van der Waals surface area contributed by atoms with Gasteiger partial charge in [0.2, 0.25) is 0 Å². The minimum absolute atomic E-state index is 0.0448. The van der Waals surface area contributed by atoms with Gasteiger partial charge < -0.3 is 14.7 Å². The van der Waals surface area contributed by atoms with Gasteiger partial charge in [0.15, 0.2) is 0 Å². The van der Waals surface area contributed by atoms with E-state index in [1.54, 1.807) is 4.90 Å². The van der Waals surface area contributed by atoms with Crippen molar-refractivity contribution in [3.05, 3.63) is 0 Å². The van der Waals surface area contributed by atoms with Gasteiger partial charge in [-0.15, -0.1) is 0 Å². The lowest BCUT2D eigenvalue weighted by molar-refractivity contribution is -0.0106. The molecule has 0 bridgehead atoms. The summed E-state index contributed by atoms with van der Waals surface area (Å²) in [6.45, 7) is 7.05. The monoisotopic (exact) mass is 273 g/mol. The van der Waals surface area contributed by atoms with Crippen LogP contribution in [-0.2, 0) is 4.74 Å². The van der Waals surface area contributed by atoms with Crippen LogP contribution in [0.5, 0.6) is 0 Å². The van der Waals surface area contributed by atoms with Crippen molar-refractivity contribution in [2.75, 3.05) is 24.6 Å². The van der Waals surface area contributed by atoms with Crippen LogP contribution >= 0.6 is 11.8 Å². The molecule has 0 aromatic carbocycles. The topological polar surface area (TPSA) is 49.8 Å². The van der Waals surface area contributed by atoms with Crippen LogP contribution in [0.15, 0.2) is 0 Å². The Morgan fingerprint density at radius 1 is 1.39 bits per heavy atom. The Bertz CT molecular complexity index is 319. The Kier molecular flexibility index (Phi) is 3.83. The van der Waals surface area contributed by atoms with Gasteiger partial charge in [-0.2, -0.15) is 11.8 Å². The molecule has 2 aliphatic heterocycles. The third-order valence-corrected chi connectivity index (χ3v) is 5.11. The minimum Gasteiger partial charge on any atom is -0.444 e. The molecule has 2 heterocycles. The van der Waals surface area contributed by atoms with Crippen molar-refractivity contribution < 1.29 is 14.6 Å². The Hall–Kier alpha value is -0.420. The molecule has 1 atom stereocenters. The normalized spacial score (nSPS) is 27.6. The lowest BCUT2D eigenvalue weighted by atomic mass is 9.76. The molecule has 0 radical (unpaired) electrons. The maximum Gasteiger partial charge on any atom is 0.410 e. The summed E-state index contributed by atoms with van der Waals surface area (Å²) in [5.74, 6) is 1.86. The molecule has 2 fully saturated rings. The van der Waals surface area contributed by atoms with Gasteiger partial charge in [0.05, 0.1) is 6.10 Å². The van der Waals surface area contributed by atoms with Crippen molar-refractivity contribution in [1.29, 1.82) is 0 Å². The van der Waals surface area contributed by atoms with Gasteiger partial charge in [0, 0.05) is 30.0 Å². The van der Waals surface area contributed by atoms with Crippen LogP contribution < -0.4 is 0 Å². The van der Waals surface area contributed by atoms with Crippen LogP contribution in [0.1, 0.15) is 33.6 Å². The SMILES string of the molecule is CC(C)(C)OC(=O)N1CCC2(CC1)CSCC2O. The van der Waals surface area contributed by atoms with Gasteiger partial charge >= 0.3 is 6.09 Å². The molecule has 1 N–H and O–H groups in total. The molecule has 4 nitrogen and oxygen atoms in total. The van der Waals surface area contributed by atoms with Gasteiger partial charge in [-0.3, -0.25) is 0 Å². The second kappa shape index (κ2) is 4.93. The molecule has 2 aliphatic rings. The number of piperidine rings is 1. The van der Waals surface area contributed by atoms with E-state index >= 15 is 0 Å².